The molecule has 1 heterocycles. The molecule has 0 aliphatic heterocycles. The quantitative estimate of drug-likeness (QED) is 0.776. The molecule has 104 valence electrons. The van der Waals surface area contributed by atoms with Gasteiger partial charge in [-0.25, -0.2) is 9.37 Å². The maximum Gasteiger partial charge on any atom is 0.190 e. The van der Waals surface area contributed by atoms with Gasteiger partial charge in [-0.2, -0.15) is 0 Å². The molecule has 0 amide bonds. The summed E-state index contributed by atoms with van der Waals surface area (Å²) in [7, 11) is 0. The number of rotatable bonds is 5. The second kappa shape index (κ2) is 5.32. The lowest BCUT2D eigenvalue weighted by molar-refractivity contribution is 0.112. The molecule has 0 radical (unpaired) electrons. The second-order valence-corrected chi connectivity index (χ2v) is 5.84. The summed E-state index contributed by atoms with van der Waals surface area (Å²) in [6, 6.07) is 6.64. The molecule has 0 spiro atoms. The first kappa shape index (κ1) is 13.2. The van der Waals surface area contributed by atoms with Gasteiger partial charge in [-0.1, -0.05) is 23.5 Å². The van der Waals surface area contributed by atoms with Gasteiger partial charge in [-0.15, -0.1) is 0 Å². The normalized spacial score (nSPS) is 14.3. The van der Waals surface area contributed by atoms with Crippen LogP contribution in [0.5, 0.6) is 0 Å². The summed E-state index contributed by atoms with van der Waals surface area (Å²) in [6.07, 6.45) is 3.05. The van der Waals surface area contributed by atoms with Gasteiger partial charge in [0.15, 0.2) is 11.4 Å². The van der Waals surface area contributed by atoms with Crippen LogP contribution in [-0.2, 0) is 0 Å². The summed E-state index contributed by atoms with van der Waals surface area (Å²) in [5.74, 6) is 0.143. The second-order valence-electron chi connectivity index (χ2n) is 4.83. The van der Waals surface area contributed by atoms with Crippen LogP contribution in [0.4, 0.5) is 15.2 Å². The van der Waals surface area contributed by atoms with Crippen molar-refractivity contribution in [2.75, 3.05) is 11.4 Å². The average molecular weight is 290 g/mol. The topological polar surface area (TPSA) is 33.2 Å². The number of benzene rings is 1. The van der Waals surface area contributed by atoms with Crippen molar-refractivity contribution in [3.63, 3.8) is 0 Å². The molecule has 3 nitrogen and oxygen atoms in total. The zero-order valence-electron chi connectivity index (χ0n) is 11.2. The van der Waals surface area contributed by atoms with Crippen LogP contribution in [-0.4, -0.2) is 17.8 Å². The van der Waals surface area contributed by atoms with Crippen molar-refractivity contribution in [2.24, 2.45) is 0 Å². The van der Waals surface area contributed by atoms with Crippen LogP contribution >= 0.6 is 11.3 Å². The van der Waals surface area contributed by atoms with E-state index in [0.29, 0.717) is 28.2 Å². The Hall–Kier alpha value is -1.75. The Kier molecular flexibility index (Phi) is 3.53. The minimum absolute atomic E-state index is 0.273. The number of hydrogen-bond donors (Lipinski definition) is 0. The highest BCUT2D eigenvalue weighted by atomic mass is 32.1. The van der Waals surface area contributed by atoms with E-state index in [-0.39, 0.29) is 5.82 Å². The zero-order chi connectivity index (χ0) is 14.1. The maximum absolute atomic E-state index is 13.9. The van der Waals surface area contributed by atoms with Crippen molar-refractivity contribution >= 4 is 28.4 Å². The highest BCUT2D eigenvalue weighted by Crippen LogP contribution is 2.44. The molecule has 5 heteroatoms. The lowest BCUT2D eigenvalue weighted by Crippen LogP contribution is -2.17. The van der Waals surface area contributed by atoms with E-state index in [1.165, 1.54) is 17.4 Å². The highest BCUT2D eigenvalue weighted by molar-refractivity contribution is 7.17. The van der Waals surface area contributed by atoms with Gasteiger partial charge < -0.3 is 4.90 Å². The molecule has 2 aromatic rings. The number of anilines is 2. The number of para-hydroxylation sites is 1. The minimum Gasteiger partial charge on any atom is -0.315 e. The SMILES string of the molecule is CCN(c1nc(C2CC2)c(C=O)s1)c1ccccc1F. The molecular weight excluding hydrogens is 275 g/mol. The van der Waals surface area contributed by atoms with Crippen LogP contribution in [0.2, 0.25) is 0 Å². The van der Waals surface area contributed by atoms with E-state index in [9.17, 15) is 9.18 Å². The first-order valence-corrected chi connectivity index (χ1v) is 7.54. The molecule has 1 aromatic heterocycles. The van der Waals surface area contributed by atoms with Crippen molar-refractivity contribution < 1.29 is 9.18 Å². The number of aldehydes is 1. The van der Waals surface area contributed by atoms with Crippen LogP contribution < -0.4 is 4.90 Å². The van der Waals surface area contributed by atoms with E-state index in [1.807, 2.05) is 11.8 Å². The number of thiazole rings is 1. The van der Waals surface area contributed by atoms with Gasteiger partial charge in [-0.05, 0) is 31.9 Å². The summed E-state index contributed by atoms with van der Waals surface area (Å²) in [4.78, 5) is 18.2. The Morgan fingerprint density at radius 2 is 2.20 bits per heavy atom. The summed E-state index contributed by atoms with van der Waals surface area (Å²) < 4.78 is 13.9. The smallest absolute Gasteiger partial charge is 0.190 e. The molecule has 0 unspecified atom stereocenters. The maximum atomic E-state index is 13.9. The predicted octanol–water partition coefficient (Wildman–Crippen LogP) is 4.13. The van der Waals surface area contributed by atoms with Crippen molar-refractivity contribution in [2.45, 2.75) is 25.7 Å². The third kappa shape index (κ3) is 2.33. The zero-order valence-corrected chi connectivity index (χ0v) is 12.0. The Morgan fingerprint density at radius 1 is 1.45 bits per heavy atom. The number of nitrogens with zero attached hydrogens (tertiary/aromatic N) is 2. The van der Waals surface area contributed by atoms with Gasteiger partial charge in [0.05, 0.1) is 16.3 Å². The Balaban J connectivity index is 2.01. The Morgan fingerprint density at radius 3 is 2.80 bits per heavy atom. The van der Waals surface area contributed by atoms with Crippen molar-refractivity contribution in [1.82, 2.24) is 4.98 Å². The molecule has 20 heavy (non-hydrogen) atoms. The highest BCUT2D eigenvalue weighted by Gasteiger charge is 2.30. The Labute approximate surface area is 121 Å². The average Bonchev–Trinajstić information content (AvgIpc) is 3.22. The Bertz CT molecular complexity index is 637. The molecule has 1 aromatic carbocycles. The summed E-state index contributed by atoms with van der Waals surface area (Å²) in [6.45, 7) is 2.56. The van der Waals surface area contributed by atoms with Crippen LogP contribution in [0.1, 0.15) is 41.0 Å². The van der Waals surface area contributed by atoms with Crippen LogP contribution in [0, 0.1) is 5.82 Å². The van der Waals surface area contributed by atoms with E-state index in [4.69, 9.17) is 0 Å². The fourth-order valence-corrected chi connectivity index (χ4v) is 3.30. The van der Waals surface area contributed by atoms with Crippen LogP contribution in [0.25, 0.3) is 0 Å². The summed E-state index contributed by atoms with van der Waals surface area (Å²) >= 11 is 1.34. The number of aromatic nitrogens is 1. The molecule has 3 rings (SSSR count). The van der Waals surface area contributed by atoms with Crippen molar-refractivity contribution in [3.8, 4) is 0 Å². The van der Waals surface area contributed by atoms with Gasteiger partial charge in [0.2, 0.25) is 0 Å². The molecule has 0 N–H and O–H groups in total. The van der Waals surface area contributed by atoms with Gasteiger partial charge in [0, 0.05) is 12.5 Å². The fraction of sp³-hybridized carbons (Fsp3) is 0.333. The third-order valence-electron chi connectivity index (χ3n) is 3.43. The number of hydrogen-bond acceptors (Lipinski definition) is 4. The van der Waals surface area contributed by atoms with E-state index < -0.39 is 0 Å². The summed E-state index contributed by atoms with van der Waals surface area (Å²) in [5.41, 5.74) is 1.39. The first-order chi connectivity index (χ1) is 9.74. The van der Waals surface area contributed by atoms with E-state index in [2.05, 4.69) is 4.98 Å². The van der Waals surface area contributed by atoms with E-state index in [1.54, 1.807) is 18.2 Å². The minimum atomic E-state index is -0.273. The van der Waals surface area contributed by atoms with E-state index in [0.717, 1.165) is 24.8 Å². The molecule has 1 saturated carbocycles. The molecule has 1 aliphatic rings. The van der Waals surface area contributed by atoms with Gasteiger partial charge in [0.1, 0.15) is 5.82 Å². The van der Waals surface area contributed by atoms with E-state index >= 15 is 0 Å². The molecule has 0 atom stereocenters. The van der Waals surface area contributed by atoms with Crippen LogP contribution in [0.3, 0.4) is 0 Å². The predicted molar refractivity (Wildman–Crippen MR) is 78.6 cm³/mol. The number of carbonyl (C=O) groups excluding carboxylic acids is 1. The summed E-state index contributed by atoms with van der Waals surface area (Å²) in [5, 5.41) is 0.696. The fourth-order valence-electron chi connectivity index (χ4n) is 2.26. The third-order valence-corrected chi connectivity index (χ3v) is 4.45. The van der Waals surface area contributed by atoms with Gasteiger partial charge in [0.25, 0.3) is 0 Å². The first-order valence-electron chi connectivity index (χ1n) is 6.72. The number of halogens is 1. The monoisotopic (exact) mass is 290 g/mol. The van der Waals surface area contributed by atoms with Gasteiger partial charge in [-0.3, -0.25) is 4.79 Å². The van der Waals surface area contributed by atoms with Crippen molar-refractivity contribution in [3.05, 3.63) is 40.7 Å². The van der Waals surface area contributed by atoms with Crippen molar-refractivity contribution in [1.29, 1.82) is 0 Å². The number of carbonyl (C=O) groups is 1. The lowest BCUT2D eigenvalue weighted by atomic mass is 10.2. The molecule has 1 fully saturated rings. The molecule has 0 saturated heterocycles. The largest absolute Gasteiger partial charge is 0.315 e. The molecule has 1 aliphatic carbocycles. The molecule has 0 bridgehead atoms. The van der Waals surface area contributed by atoms with Crippen LogP contribution in [0.15, 0.2) is 24.3 Å². The lowest BCUT2D eigenvalue weighted by Gasteiger charge is -2.20. The molecular formula is C15H15FN2OS. The standard InChI is InChI=1S/C15H15FN2OS/c1-2-18(12-6-4-3-5-11(12)16)15-17-14(10-7-8-10)13(9-19)20-15/h3-6,9-10H,2,7-8H2,1H3. The van der Waals surface area contributed by atoms with Gasteiger partial charge >= 0.3 is 0 Å².